The van der Waals surface area contributed by atoms with Crippen molar-refractivity contribution in [2.24, 2.45) is 5.41 Å². The van der Waals surface area contributed by atoms with Gasteiger partial charge in [-0.3, -0.25) is 4.98 Å². The Morgan fingerprint density at radius 2 is 2.18 bits per heavy atom. The third-order valence-corrected chi connectivity index (χ3v) is 4.57. The maximum atomic E-state index is 4.51. The molecule has 2 fully saturated rings. The highest BCUT2D eigenvalue weighted by atomic mass is 79.9. The van der Waals surface area contributed by atoms with Crippen LogP contribution in [0.2, 0.25) is 0 Å². The summed E-state index contributed by atoms with van der Waals surface area (Å²) in [6, 6.07) is 5.08. The smallest absolute Gasteiger partial charge is 0.0413 e. The van der Waals surface area contributed by atoms with Crippen LogP contribution in [0.4, 0.5) is 0 Å². The van der Waals surface area contributed by atoms with Crippen molar-refractivity contribution in [1.29, 1.82) is 0 Å². The summed E-state index contributed by atoms with van der Waals surface area (Å²) in [4.78, 5) is 4.51. The minimum Gasteiger partial charge on any atom is -0.313 e. The zero-order chi connectivity index (χ0) is 11.7. The number of aromatic nitrogens is 1. The SMILES string of the molecule is Brc1ccc(CC2(CNC3CC3)CCC2)nc1. The molecule has 92 valence electrons. The maximum absolute atomic E-state index is 4.51. The van der Waals surface area contributed by atoms with Crippen LogP contribution in [0.25, 0.3) is 0 Å². The van der Waals surface area contributed by atoms with Crippen LogP contribution in [0, 0.1) is 5.41 Å². The van der Waals surface area contributed by atoms with Crippen molar-refractivity contribution in [3.63, 3.8) is 0 Å². The molecule has 3 rings (SSSR count). The Bertz CT molecular complexity index is 380. The van der Waals surface area contributed by atoms with Gasteiger partial charge in [-0.2, -0.15) is 0 Å². The van der Waals surface area contributed by atoms with Gasteiger partial charge in [0.2, 0.25) is 0 Å². The lowest BCUT2D eigenvalue weighted by molar-refractivity contribution is 0.128. The van der Waals surface area contributed by atoms with Crippen molar-refractivity contribution in [2.75, 3.05) is 6.54 Å². The molecule has 17 heavy (non-hydrogen) atoms. The van der Waals surface area contributed by atoms with Gasteiger partial charge < -0.3 is 5.32 Å². The van der Waals surface area contributed by atoms with Crippen LogP contribution in [0.1, 0.15) is 37.8 Å². The van der Waals surface area contributed by atoms with Crippen molar-refractivity contribution in [3.8, 4) is 0 Å². The van der Waals surface area contributed by atoms with Crippen LogP contribution < -0.4 is 5.32 Å². The van der Waals surface area contributed by atoms with Crippen molar-refractivity contribution in [3.05, 3.63) is 28.5 Å². The van der Waals surface area contributed by atoms with Crippen molar-refractivity contribution >= 4 is 15.9 Å². The van der Waals surface area contributed by atoms with E-state index in [1.807, 2.05) is 6.20 Å². The molecule has 0 aliphatic heterocycles. The summed E-state index contributed by atoms with van der Waals surface area (Å²) in [7, 11) is 0. The lowest BCUT2D eigenvalue weighted by atomic mass is 9.66. The van der Waals surface area contributed by atoms with Crippen LogP contribution >= 0.6 is 15.9 Å². The largest absolute Gasteiger partial charge is 0.313 e. The van der Waals surface area contributed by atoms with Crippen LogP contribution in [-0.4, -0.2) is 17.6 Å². The Morgan fingerprint density at radius 3 is 2.71 bits per heavy atom. The van der Waals surface area contributed by atoms with Gasteiger partial charge in [0.15, 0.2) is 0 Å². The fraction of sp³-hybridized carbons (Fsp3) is 0.643. The second-order valence-corrected chi connectivity index (χ2v) is 6.57. The molecule has 0 radical (unpaired) electrons. The topological polar surface area (TPSA) is 24.9 Å². The third kappa shape index (κ3) is 2.89. The molecule has 1 N–H and O–H groups in total. The molecule has 2 nitrogen and oxygen atoms in total. The molecular formula is C14H19BrN2. The molecular weight excluding hydrogens is 276 g/mol. The number of hydrogen-bond donors (Lipinski definition) is 1. The van der Waals surface area contributed by atoms with Gasteiger partial charge in [0.1, 0.15) is 0 Å². The van der Waals surface area contributed by atoms with E-state index in [2.05, 4.69) is 38.4 Å². The van der Waals surface area contributed by atoms with Crippen LogP contribution in [0.15, 0.2) is 22.8 Å². The summed E-state index contributed by atoms with van der Waals surface area (Å²) < 4.78 is 1.07. The summed E-state index contributed by atoms with van der Waals surface area (Å²) >= 11 is 3.44. The fourth-order valence-electron chi connectivity index (χ4n) is 2.64. The predicted octanol–water partition coefficient (Wildman–Crippen LogP) is 3.31. The minimum atomic E-state index is 0.503. The van der Waals surface area contributed by atoms with E-state index in [1.54, 1.807) is 0 Å². The second kappa shape index (κ2) is 4.69. The van der Waals surface area contributed by atoms with E-state index in [4.69, 9.17) is 0 Å². The van der Waals surface area contributed by atoms with E-state index in [0.717, 1.165) is 16.9 Å². The van der Waals surface area contributed by atoms with Gasteiger partial charge in [0.25, 0.3) is 0 Å². The number of rotatable bonds is 5. The number of hydrogen-bond acceptors (Lipinski definition) is 2. The Balaban J connectivity index is 1.61. The Hall–Kier alpha value is -0.410. The second-order valence-electron chi connectivity index (χ2n) is 5.65. The standard InChI is InChI=1S/C14H19BrN2/c15-11-2-3-13(16-9-11)8-14(6-1-7-14)10-17-12-4-5-12/h2-3,9,12,17H,1,4-8,10H2. The van der Waals surface area contributed by atoms with Gasteiger partial charge in [0, 0.05) is 29.0 Å². The summed E-state index contributed by atoms with van der Waals surface area (Å²) in [6.45, 7) is 1.19. The molecule has 0 atom stereocenters. The number of pyridine rings is 1. The average Bonchev–Trinajstić information content (AvgIpc) is 3.08. The Morgan fingerprint density at radius 1 is 1.35 bits per heavy atom. The summed E-state index contributed by atoms with van der Waals surface area (Å²) in [5, 5.41) is 3.69. The molecule has 2 aliphatic rings. The molecule has 0 spiro atoms. The van der Waals surface area contributed by atoms with E-state index >= 15 is 0 Å². The zero-order valence-electron chi connectivity index (χ0n) is 10.1. The summed E-state index contributed by atoms with van der Waals surface area (Å²) in [5.74, 6) is 0. The quantitative estimate of drug-likeness (QED) is 0.901. The van der Waals surface area contributed by atoms with E-state index in [0.29, 0.717) is 5.41 Å². The molecule has 3 heteroatoms. The average molecular weight is 295 g/mol. The summed E-state index contributed by atoms with van der Waals surface area (Å²) in [6.07, 6.45) is 9.94. The molecule has 0 amide bonds. The van der Waals surface area contributed by atoms with Gasteiger partial charge in [-0.15, -0.1) is 0 Å². The lowest BCUT2D eigenvalue weighted by Crippen LogP contribution is -2.42. The highest BCUT2D eigenvalue weighted by Crippen LogP contribution is 2.43. The first-order valence-corrected chi connectivity index (χ1v) is 7.39. The van der Waals surface area contributed by atoms with Gasteiger partial charge >= 0.3 is 0 Å². The highest BCUT2D eigenvalue weighted by Gasteiger charge is 2.38. The molecule has 2 saturated carbocycles. The first-order chi connectivity index (χ1) is 8.26. The molecule has 1 aromatic rings. The molecule has 0 aromatic carbocycles. The van der Waals surface area contributed by atoms with Crippen molar-refractivity contribution in [1.82, 2.24) is 10.3 Å². The maximum Gasteiger partial charge on any atom is 0.0413 e. The van der Waals surface area contributed by atoms with Crippen LogP contribution in [-0.2, 0) is 6.42 Å². The summed E-state index contributed by atoms with van der Waals surface area (Å²) in [5.41, 5.74) is 1.74. The molecule has 1 aromatic heterocycles. The zero-order valence-corrected chi connectivity index (χ0v) is 11.7. The van der Waals surface area contributed by atoms with E-state index in [-0.39, 0.29) is 0 Å². The van der Waals surface area contributed by atoms with E-state index < -0.39 is 0 Å². The molecule has 0 unspecified atom stereocenters. The van der Waals surface area contributed by atoms with Gasteiger partial charge in [-0.05, 0) is 65.6 Å². The Kier molecular flexibility index (Phi) is 3.22. The van der Waals surface area contributed by atoms with Gasteiger partial charge in [0.05, 0.1) is 0 Å². The number of nitrogens with zero attached hydrogens (tertiary/aromatic N) is 1. The monoisotopic (exact) mass is 294 g/mol. The van der Waals surface area contributed by atoms with Gasteiger partial charge in [-0.25, -0.2) is 0 Å². The van der Waals surface area contributed by atoms with Crippen LogP contribution in [0.3, 0.4) is 0 Å². The van der Waals surface area contributed by atoms with E-state index in [1.165, 1.54) is 44.3 Å². The molecule has 0 saturated heterocycles. The molecule has 2 aliphatic carbocycles. The Labute approximate surface area is 111 Å². The predicted molar refractivity (Wildman–Crippen MR) is 72.9 cm³/mol. The first-order valence-electron chi connectivity index (χ1n) is 6.60. The fourth-order valence-corrected chi connectivity index (χ4v) is 2.87. The number of halogens is 1. The normalized spacial score (nSPS) is 22.2. The van der Waals surface area contributed by atoms with Crippen molar-refractivity contribution in [2.45, 2.75) is 44.6 Å². The number of nitrogens with one attached hydrogen (secondary N) is 1. The third-order valence-electron chi connectivity index (χ3n) is 4.10. The lowest BCUT2D eigenvalue weighted by Gasteiger charge is -2.42. The molecule has 0 bridgehead atoms. The van der Waals surface area contributed by atoms with Crippen LogP contribution in [0.5, 0.6) is 0 Å². The van der Waals surface area contributed by atoms with Gasteiger partial charge in [-0.1, -0.05) is 6.42 Å². The molecule has 1 heterocycles. The first kappa shape index (κ1) is 11.7. The minimum absolute atomic E-state index is 0.503. The van der Waals surface area contributed by atoms with E-state index in [9.17, 15) is 0 Å². The highest BCUT2D eigenvalue weighted by molar-refractivity contribution is 9.10. The van der Waals surface area contributed by atoms with Crippen molar-refractivity contribution < 1.29 is 0 Å².